The molecule has 1 aliphatic rings. The van der Waals surface area contributed by atoms with Gasteiger partial charge >= 0.3 is 0 Å². The number of pyridine rings is 1. The van der Waals surface area contributed by atoms with Crippen molar-refractivity contribution in [2.75, 3.05) is 18.0 Å². The van der Waals surface area contributed by atoms with Gasteiger partial charge in [0.25, 0.3) is 0 Å². The van der Waals surface area contributed by atoms with Crippen molar-refractivity contribution in [2.45, 2.75) is 18.9 Å². The predicted octanol–water partition coefficient (Wildman–Crippen LogP) is 1.30. The van der Waals surface area contributed by atoms with Gasteiger partial charge < -0.3 is 10.6 Å². The van der Waals surface area contributed by atoms with Crippen LogP contribution in [0, 0.1) is 11.3 Å². The molecule has 0 aromatic carbocycles. The number of aromatic nitrogens is 1. The predicted molar refractivity (Wildman–Crippen MR) is 65.6 cm³/mol. The molecule has 4 nitrogen and oxygen atoms in total. The number of hydrogen-bond acceptors (Lipinski definition) is 4. The Bertz CT molecular complexity index is 388. The summed E-state index contributed by atoms with van der Waals surface area (Å²) in [6, 6.07) is 5.94. The highest BCUT2D eigenvalue weighted by molar-refractivity contribution is 5.85. The molecule has 5 heteroatoms. The van der Waals surface area contributed by atoms with Crippen LogP contribution in [0.1, 0.15) is 18.4 Å². The summed E-state index contributed by atoms with van der Waals surface area (Å²) in [6.07, 6.45) is 3.85. The first-order chi connectivity index (χ1) is 7.31. The van der Waals surface area contributed by atoms with Gasteiger partial charge in [-0.25, -0.2) is 4.98 Å². The molecule has 1 atom stereocenters. The molecule has 2 N–H and O–H groups in total. The quantitative estimate of drug-likeness (QED) is 0.801. The van der Waals surface area contributed by atoms with Gasteiger partial charge in [-0.05, 0) is 25.0 Å². The van der Waals surface area contributed by atoms with Gasteiger partial charge in [-0.3, -0.25) is 0 Å². The molecule has 0 spiro atoms. The van der Waals surface area contributed by atoms with Crippen molar-refractivity contribution >= 4 is 18.2 Å². The number of hydrogen-bond donors (Lipinski definition) is 1. The highest BCUT2D eigenvalue weighted by atomic mass is 35.5. The first-order valence-corrected chi connectivity index (χ1v) is 5.17. The third-order valence-corrected chi connectivity index (χ3v) is 2.66. The van der Waals surface area contributed by atoms with Crippen molar-refractivity contribution < 1.29 is 0 Å². The molecule has 0 radical (unpaired) electrons. The molecule has 0 bridgehead atoms. The maximum absolute atomic E-state index is 8.97. The van der Waals surface area contributed by atoms with Crippen LogP contribution < -0.4 is 10.6 Å². The van der Waals surface area contributed by atoms with Gasteiger partial charge in [0.1, 0.15) is 11.9 Å². The lowest BCUT2D eigenvalue weighted by Gasteiger charge is -2.32. The molecule has 1 aromatic rings. The average Bonchev–Trinajstić information content (AvgIpc) is 2.29. The number of piperidine rings is 1. The molecule has 1 fully saturated rings. The van der Waals surface area contributed by atoms with Crippen LogP contribution >= 0.6 is 12.4 Å². The molecule has 1 unspecified atom stereocenters. The van der Waals surface area contributed by atoms with E-state index in [1.54, 1.807) is 18.3 Å². The normalized spacial score (nSPS) is 19.8. The van der Waals surface area contributed by atoms with Crippen LogP contribution in [0.5, 0.6) is 0 Å². The van der Waals surface area contributed by atoms with E-state index in [0.717, 1.165) is 31.7 Å². The third kappa shape index (κ3) is 2.63. The maximum atomic E-state index is 8.97. The highest BCUT2D eigenvalue weighted by Gasteiger charge is 2.19. The first-order valence-electron chi connectivity index (χ1n) is 5.17. The third-order valence-electron chi connectivity index (χ3n) is 2.66. The molecule has 0 saturated carbocycles. The van der Waals surface area contributed by atoms with E-state index in [1.165, 1.54) is 0 Å². The second-order valence-electron chi connectivity index (χ2n) is 3.83. The molecule has 2 heterocycles. The van der Waals surface area contributed by atoms with E-state index in [1.807, 2.05) is 0 Å². The summed E-state index contributed by atoms with van der Waals surface area (Å²) in [5.74, 6) is 0.773. The minimum Gasteiger partial charge on any atom is -0.354 e. The molecule has 0 amide bonds. The van der Waals surface area contributed by atoms with Gasteiger partial charge in [-0.15, -0.1) is 12.4 Å². The maximum Gasteiger partial charge on any atom is 0.146 e. The largest absolute Gasteiger partial charge is 0.354 e. The smallest absolute Gasteiger partial charge is 0.146 e. The number of nitrogens with zero attached hydrogens (tertiary/aromatic N) is 3. The fourth-order valence-corrected chi connectivity index (χ4v) is 1.94. The van der Waals surface area contributed by atoms with Crippen molar-refractivity contribution in [3.63, 3.8) is 0 Å². The number of rotatable bonds is 1. The minimum absolute atomic E-state index is 0. The molecule has 86 valence electrons. The lowest BCUT2D eigenvalue weighted by Crippen LogP contribution is -2.43. The summed E-state index contributed by atoms with van der Waals surface area (Å²) >= 11 is 0. The van der Waals surface area contributed by atoms with Crippen LogP contribution in [-0.2, 0) is 0 Å². The molecule has 1 aliphatic heterocycles. The number of nitriles is 1. The molecule has 1 aromatic heterocycles. The van der Waals surface area contributed by atoms with E-state index in [0.29, 0.717) is 5.56 Å². The van der Waals surface area contributed by atoms with Gasteiger partial charge in [-0.2, -0.15) is 5.26 Å². The van der Waals surface area contributed by atoms with Crippen LogP contribution in [0.15, 0.2) is 18.3 Å². The van der Waals surface area contributed by atoms with Crippen molar-refractivity contribution in [1.82, 2.24) is 4.98 Å². The number of halogens is 1. The molecular weight excluding hydrogens is 224 g/mol. The summed E-state index contributed by atoms with van der Waals surface area (Å²) < 4.78 is 0. The number of nitrogens with two attached hydrogens (primary N) is 1. The van der Waals surface area contributed by atoms with Crippen molar-refractivity contribution in [1.29, 1.82) is 5.26 Å². The Morgan fingerprint density at radius 3 is 3.06 bits per heavy atom. The molecule has 2 rings (SSSR count). The van der Waals surface area contributed by atoms with Crippen molar-refractivity contribution in [2.24, 2.45) is 5.73 Å². The van der Waals surface area contributed by atoms with Crippen molar-refractivity contribution in [3.8, 4) is 6.07 Å². The SMILES string of the molecule is Cl.N#Cc1cccnc1N1CCCC(N)C1. The molecular formula is C11H15ClN4. The Balaban J connectivity index is 0.00000128. The zero-order chi connectivity index (χ0) is 10.7. The van der Waals surface area contributed by atoms with E-state index in [4.69, 9.17) is 11.0 Å². The summed E-state index contributed by atoms with van der Waals surface area (Å²) in [4.78, 5) is 6.36. The van der Waals surface area contributed by atoms with Crippen LogP contribution in [0.25, 0.3) is 0 Å². The average molecular weight is 239 g/mol. The monoisotopic (exact) mass is 238 g/mol. The molecule has 0 aliphatic carbocycles. The van der Waals surface area contributed by atoms with E-state index >= 15 is 0 Å². The Hall–Kier alpha value is -1.31. The van der Waals surface area contributed by atoms with E-state index < -0.39 is 0 Å². The van der Waals surface area contributed by atoms with Crippen LogP contribution in [-0.4, -0.2) is 24.1 Å². The topological polar surface area (TPSA) is 65.9 Å². The summed E-state index contributed by atoms with van der Waals surface area (Å²) in [6.45, 7) is 1.74. The summed E-state index contributed by atoms with van der Waals surface area (Å²) in [7, 11) is 0. The number of anilines is 1. The zero-order valence-electron chi connectivity index (χ0n) is 8.97. The van der Waals surface area contributed by atoms with Gasteiger partial charge in [0, 0.05) is 25.3 Å². The van der Waals surface area contributed by atoms with Gasteiger partial charge in [-0.1, -0.05) is 0 Å². The summed E-state index contributed by atoms with van der Waals surface area (Å²) in [5, 5.41) is 8.97. The van der Waals surface area contributed by atoms with Crippen molar-refractivity contribution in [3.05, 3.63) is 23.9 Å². The Labute approximate surface area is 101 Å². The van der Waals surface area contributed by atoms with Crippen LogP contribution in [0.2, 0.25) is 0 Å². The van der Waals surface area contributed by atoms with Gasteiger partial charge in [0.15, 0.2) is 0 Å². The van der Waals surface area contributed by atoms with Crippen LogP contribution in [0.3, 0.4) is 0 Å². The van der Waals surface area contributed by atoms with Gasteiger partial charge in [0.05, 0.1) is 5.56 Å². The lowest BCUT2D eigenvalue weighted by atomic mass is 10.1. The fourth-order valence-electron chi connectivity index (χ4n) is 1.94. The highest BCUT2D eigenvalue weighted by Crippen LogP contribution is 2.20. The first kappa shape index (κ1) is 12.8. The molecule has 16 heavy (non-hydrogen) atoms. The second kappa shape index (κ2) is 5.69. The van der Waals surface area contributed by atoms with E-state index in [9.17, 15) is 0 Å². The Kier molecular flexibility index (Phi) is 4.53. The van der Waals surface area contributed by atoms with Crippen LogP contribution in [0.4, 0.5) is 5.82 Å². The zero-order valence-corrected chi connectivity index (χ0v) is 9.78. The Morgan fingerprint density at radius 2 is 2.38 bits per heavy atom. The van der Waals surface area contributed by atoms with E-state index in [-0.39, 0.29) is 18.4 Å². The summed E-state index contributed by atoms with van der Waals surface area (Å²) in [5.41, 5.74) is 6.53. The standard InChI is InChI=1S/C11H14N4.ClH/c12-7-9-3-1-5-14-11(9)15-6-2-4-10(13)8-15;/h1,3,5,10H,2,4,6,8,13H2;1H. The Morgan fingerprint density at radius 1 is 1.56 bits per heavy atom. The minimum atomic E-state index is 0. The second-order valence-corrected chi connectivity index (χ2v) is 3.83. The fraction of sp³-hybridized carbons (Fsp3) is 0.455. The molecule has 1 saturated heterocycles. The van der Waals surface area contributed by atoms with Gasteiger partial charge in [0.2, 0.25) is 0 Å². The lowest BCUT2D eigenvalue weighted by molar-refractivity contribution is 0.503. The van der Waals surface area contributed by atoms with E-state index in [2.05, 4.69) is 16.0 Å².